The summed E-state index contributed by atoms with van der Waals surface area (Å²) >= 11 is 2.25. The zero-order valence-electron chi connectivity index (χ0n) is 12.6. The van der Waals surface area contributed by atoms with Gasteiger partial charge >= 0.3 is 0 Å². The number of hydrogen-bond acceptors (Lipinski definition) is 5. The van der Waals surface area contributed by atoms with Crippen LogP contribution in [0.25, 0.3) is 0 Å². The van der Waals surface area contributed by atoms with E-state index in [-0.39, 0.29) is 5.82 Å². The first-order valence-corrected chi connectivity index (χ1v) is 8.31. The molecule has 1 aromatic heterocycles. The van der Waals surface area contributed by atoms with E-state index in [1.165, 1.54) is 18.5 Å². The van der Waals surface area contributed by atoms with Crippen LogP contribution in [0.4, 0.5) is 27.4 Å². The van der Waals surface area contributed by atoms with Gasteiger partial charge < -0.3 is 16.4 Å². The predicted molar refractivity (Wildman–Crippen MR) is 103 cm³/mol. The average Bonchev–Trinajstić information content (AvgIpc) is 2.59. The van der Waals surface area contributed by atoms with Crippen LogP contribution in [0.2, 0.25) is 0 Å². The van der Waals surface area contributed by atoms with Crippen LogP contribution in [-0.2, 0) is 6.54 Å². The van der Waals surface area contributed by atoms with E-state index < -0.39 is 0 Å². The molecule has 122 valence electrons. The molecule has 1 heterocycles. The molecule has 0 aliphatic heterocycles. The zero-order valence-corrected chi connectivity index (χ0v) is 14.8. The Bertz CT molecular complexity index is 821. The van der Waals surface area contributed by atoms with Gasteiger partial charge in [-0.2, -0.15) is 0 Å². The number of hydrogen-bond donors (Lipinski definition) is 3. The Balaban J connectivity index is 1.72. The number of anilines is 4. The van der Waals surface area contributed by atoms with Crippen molar-refractivity contribution in [2.24, 2.45) is 0 Å². The van der Waals surface area contributed by atoms with Crippen molar-refractivity contribution < 1.29 is 4.39 Å². The lowest BCUT2D eigenvalue weighted by atomic mass is 10.2. The Hall–Kier alpha value is -2.42. The van der Waals surface area contributed by atoms with Crippen molar-refractivity contribution in [3.8, 4) is 0 Å². The van der Waals surface area contributed by atoms with Gasteiger partial charge in [0.05, 0.1) is 0 Å². The van der Waals surface area contributed by atoms with E-state index >= 15 is 0 Å². The summed E-state index contributed by atoms with van der Waals surface area (Å²) in [6, 6.07) is 14.2. The van der Waals surface area contributed by atoms with Crippen molar-refractivity contribution >= 4 is 45.6 Å². The lowest BCUT2D eigenvalue weighted by Crippen LogP contribution is -2.08. The van der Waals surface area contributed by atoms with E-state index in [0.29, 0.717) is 23.9 Å². The molecule has 24 heavy (non-hydrogen) atoms. The van der Waals surface area contributed by atoms with Crippen molar-refractivity contribution in [2.45, 2.75) is 6.54 Å². The third kappa shape index (κ3) is 4.10. The van der Waals surface area contributed by atoms with Crippen molar-refractivity contribution in [3.05, 3.63) is 69.8 Å². The molecule has 4 N–H and O–H groups in total. The fourth-order valence-electron chi connectivity index (χ4n) is 2.09. The number of benzene rings is 2. The Morgan fingerprint density at radius 1 is 0.958 bits per heavy atom. The molecule has 0 saturated heterocycles. The van der Waals surface area contributed by atoms with Gasteiger partial charge in [0.15, 0.2) is 11.6 Å². The summed E-state index contributed by atoms with van der Waals surface area (Å²) in [4.78, 5) is 8.35. The molecule has 2 aromatic carbocycles. The highest BCUT2D eigenvalue weighted by atomic mass is 127. The summed E-state index contributed by atoms with van der Waals surface area (Å²) < 4.78 is 14.1. The zero-order chi connectivity index (χ0) is 16.9. The van der Waals surface area contributed by atoms with Crippen molar-refractivity contribution in [3.63, 3.8) is 0 Å². The summed E-state index contributed by atoms with van der Waals surface area (Å²) in [5.74, 6) is 0.805. The average molecular weight is 435 g/mol. The number of nitrogens with zero attached hydrogens (tertiary/aromatic N) is 2. The Labute approximate surface area is 152 Å². The Kier molecular flexibility index (Phi) is 5.09. The number of nitrogens with one attached hydrogen (secondary N) is 2. The van der Waals surface area contributed by atoms with Crippen LogP contribution in [-0.4, -0.2) is 9.97 Å². The van der Waals surface area contributed by atoms with Crippen LogP contribution < -0.4 is 16.4 Å². The molecule has 3 aromatic rings. The molecule has 0 radical (unpaired) electrons. The fourth-order valence-corrected chi connectivity index (χ4v) is 2.45. The molecule has 7 heteroatoms. The molecule has 0 bridgehead atoms. The molecule has 0 atom stereocenters. The first-order valence-electron chi connectivity index (χ1n) is 7.23. The molecule has 0 amide bonds. The minimum atomic E-state index is -0.260. The minimum absolute atomic E-state index is 0.260. The second-order valence-corrected chi connectivity index (χ2v) is 6.34. The van der Waals surface area contributed by atoms with E-state index in [1.54, 1.807) is 12.1 Å². The highest BCUT2D eigenvalue weighted by molar-refractivity contribution is 14.1. The van der Waals surface area contributed by atoms with Crippen molar-refractivity contribution in [1.29, 1.82) is 0 Å². The predicted octanol–water partition coefficient (Wildman–Crippen LogP) is 4.16. The van der Waals surface area contributed by atoms with E-state index in [2.05, 4.69) is 43.2 Å². The highest BCUT2D eigenvalue weighted by Gasteiger charge is 2.08. The summed E-state index contributed by atoms with van der Waals surface area (Å²) in [6.07, 6.45) is 1.44. The summed E-state index contributed by atoms with van der Waals surface area (Å²) in [7, 11) is 0. The minimum Gasteiger partial charge on any atom is -0.393 e. The van der Waals surface area contributed by atoms with Gasteiger partial charge in [-0.15, -0.1) is 0 Å². The van der Waals surface area contributed by atoms with Gasteiger partial charge in [0.25, 0.3) is 0 Å². The SMILES string of the molecule is Nc1c(NCc2ccc(F)cc2)ncnc1Nc1ccc(I)cc1. The van der Waals surface area contributed by atoms with Gasteiger partial charge in [-0.05, 0) is 64.6 Å². The van der Waals surface area contributed by atoms with E-state index in [9.17, 15) is 4.39 Å². The van der Waals surface area contributed by atoms with Crippen LogP contribution in [0, 0.1) is 9.39 Å². The van der Waals surface area contributed by atoms with Crippen LogP contribution in [0.1, 0.15) is 5.56 Å². The molecular weight excluding hydrogens is 420 g/mol. The van der Waals surface area contributed by atoms with Crippen molar-refractivity contribution in [1.82, 2.24) is 9.97 Å². The second kappa shape index (κ2) is 7.43. The van der Waals surface area contributed by atoms with Gasteiger partial charge in [0.1, 0.15) is 17.8 Å². The largest absolute Gasteiger partial charge is 0.393 e. The number of halogens is 2. The molecule has 0 aliphatic carbocycles. The first-order chi connectivity index (χ1) is 11.6. The van der Waals surface area contributed by atoms with E-state index in [0.717, 1.165) is 14.8 Å². The number of nitrogen functional groups attached to an aromatic ring is 1. The quantitative estimate of drug-likeness (QED) is 0.525. The van der Waals surface area contributed by atoms with Gasteiger partial charge in [0, 0.05) is 15.8 Å². The Morgan fingerprint density at radius 3 is 2.33 bits per heavy atom. The number of aromatic nitrogens is 2. The lowest BCUT2D eigenvalue weighted by Gasteiger charge is -2.12. The van der Waals surface area contributed by atoms with Crippen LogP contribution in [0.15, 0.2) is 54.9 Å². The van der Waals surface area contributed by atoms with E-state index in [4.69, 9.17) is 5.73 Å². The van der Waals surface area contributed by atoms with Gasteiger partial charge in [-0.1, -0.05) is 12.1 Å². The molecule has 0 unspecified atom stereocenters. The summed E-state index contributed by atoms with van der Waals surface area (Å²) in [5, 5.41) is 6.32. The maximum Gasteiger partial charge on any atom is 0.159 e. The standard InChI is InChI=1S/C17H15FIN5/c18-12-3-1-11(2-4-12)9-21-16-15(20)17(23-10-22-16)24-14-7-5-13(19)6-8-14/h1-8,10H,9,20H2,(H2,21,22,23,24). The summed E-state index contributed by atoms with van der Waals surface area (Å²) in [6.45, 7) is 0.491. The smallest absolute Gasteiger partial charge is 0.159 e. The van der Waals surface area contributed by atoms with Gasteiger partial charge in [-0.3, -0.25) is 0 Å². The topological polar surface area (TPSA) is 75.9 Å². The second-order valence-electron chi connectivity index (χ2n) is 5.10. The molecule has 0 saturated carbocycles. The molecular formula is C17H15FIN5. The monoisotopic (exact) mass is 435 g/mol. The number of rotatable bonds is 5. The molecule has 5 nitrogen and oxygen atoms in total. The molecule has 0 aliphatic rings. The fraction of sp³-hybridized carbons (Fsp3) is 0.0588. The maximum absolute atomic E-state index is 12.9. The van der Waals surface area contributed by atoms with Crippen molar-refractivity contribution in [2.75, 3.05) is 16.4 Å². The van der Waals surface area contributed by atoms with Gasteiger partial charge in [-0.25, -0.2) is 14.4 Å². The Morgan fingerprint density at radius 2 is 1.62 bits per heavy atom. The third-order valence-corrected chi connectivity index (χ3v) is 4.08. The molecule has 3 rings (SSSR count). The summed E-state index contributed by atoms with van der Waals surface area (Å²) in [5.41, 5.74) is 8.39. The van der Waals surface area contributed by atoms with E-state index in [1.807, 2.05) is 24.3 Å². The lowest BCUT2D eigenvalue weighted by molar-refractivity contribution is 0.627. The first kappa shape index (κ1) is 16.4. The maximum atomic E-state index is 12.9. The normalized spacial score (nSPS) is 10.4. The van der Waals surface area contributed by atoms with Crippen LogP contribution in [0.5, 0.6) is 0 Å². The van der Waals surface area contributed by atoms with Crippen LogP contribution in [0.3, 0.4) is 0 Å². The molecule has 0 fully saturated rings. The highest BCUT2D eigenvalue weighted by Crippen LogP contribution is 2.26. The third-order valence-electron chi connectivity index (χ3n) is 3.36. The molecule has 0 spiro atoms. The van der Waals surface area contributed by atoms with Gasteiger partial charge in [0.2, 0.25) is 0 Å². The number of nitrogens with two attached hydrogens (primary N) is 1. The van der Waals surface area contributed by atoms with Crippen LogP contribution >= 0.6 is 22.6 Å².